The molecular weight excluding hydrogens is 370 g/mol. The summed E-state index contributed by atoms with van der Waals surface area (Å²) < 4.78 is 9.81. The van der Waals surface area contributed by atoms with Crippen LogP contribution in [-0.4, -0.2) is 60.5 Å². The third-order valence-electron chi connectivity index (χ3n) is 5.86. The number of rotatable bonds is 4. The SMILES string of the molecule is O=C(CCn1cnnn1)N1CCC2(CC1)OCCc1cn(-c3ccccc3)nc12. The zero-order chi connectivity index (χ0) is 19.7. The number of para-hydroxylation sites is 1. The maximum Gasteiger partial charge on any atom is 0.224 e. The van der Waals surface area contributed by atoms with E-state index in [1.54, 1.807) is 4.68 Å². The fraction of sp³-hybridized carbons (Fsp3) is 0.450. The molecule has 4 heterocycles. The highest BCUT2D eigenvalue weighted by Gasteiger charge is 2.44. The van der Waals surface area contributed by atoms with Crippen LogP contribution in [0.4, 0.5) is 0 Å². The van der Waals surface area contributed by atoms with Gasteiger partial charge in [-0.3, -0.25) is 4.79 Å². The lowest BCUT2D eigenvalue weighted by Gasteiger charge is -2.43. The van der Waals surface area contributed by atoms with Gasteiger partial charge in [0.2, 0.25) is 5.91 Å². The van der Waals surface area contributed by atoms with E-state index in [0.29, 0.717) is 32.7 Å². The second-order valence-corrected chi connectivity index (χ2v) is 7.58. The number of nitrogens with zero attached hydrogens (tertiary/aromatic N) is 7. The van der Waals surface area contributed by atoms with E-state index in [4.69, 9.17) is 9.84 Å². The van der Waals surface area contributed by atoms with Crippen LogP contribution in [0.5, 0.6) is 0 Å². The number of aryl methyl sites for hydroxylation is 1. The largest absolute Gasteiger partial charge is 0.368 e. The minimum absolute atomic E-state index is 0.126. The van der Waals surface area contributed by atoms with Crippen LogP contribution in [0.2, 0.25) is 0 Å². The molecule has 1 amide bonds. The Morgan fingerprint density at radius 3 is 2.76 bits per heavy atom. The second kappa shape index (κ2) is 7.40. The van der Waals surface area contributed by atoms with Crippen LogP contribution in [0.3, 0.4) is 0 Å². The summed E-state index contributed by atoms with van der Waals surface area (Å²) in [5, 5.41) is 15.9. The minimum atomic E-state index is -0.389. The molecule has 0 radical (unpaired) electrons. The van der Waals surface area contributed by atoms with Crippen LogP contribution in [-0.2, 0) is 28.1 Å². The van der Waals surface area contributed by atoms with Gasteiger partial charge in [0.25, 0.3) is 0 Å². The molecule has 0 aliphatic carbocycles. The summed E-state index contributed by atoms with van der Waals surface area (Å²) in [6.07, 6.45) is 6.45. The van der Waals surface area contributed by atoms with E-state index in [9.17, 15) is 4.79 Å². The molecule has 3 aromatic rings. The number of hydrogen-bond acceptors (Lipinski definition) is 6. The Morgan fingerprint density at radius 2 is 2.00 bits per heavy atom. The van der Waals surface area contributed by atoms with E-state index in [1.165, 1.54) is 11.9 Å². The van der Waals surface area contributed by atoms with Crippen molar-refractivity contribution in [1.82, 2.24) is 34.9 Å². The number of fused-ring (bicyclic) bond motifs is 2. The van der Waals surface area contributed by atoms with Gasteiger partial charge in [0.15, 0.2) is 0 Å². The first kappa shape index (κ1) is 18.0. The van der Waals surface area contributed by atoms with E-state index >= 15 is 0 Å². The van der Waals surface area contributed by atoms with Crippen molar-refractivity contribution in [2.24, 2.45) is 0 Å². The second-order valence-electron chi connectivity index (χ2n) is 7.58. The average molecular weight is 393 g/mol. The number of carbonyl (C=O) groups is 1. The Hall–Kier alpha value is -3.07. The highest BCUT2D eigenvalue weighted by atomic mass is 16.5. The van der Waals surface area contributed by atoms with E-state index in [-0.39, 0.29) is 11.5 Å². The normalized spacial score (nSPS) is 18.0. The summed E-state index contributed by atoms with van der Waals surface area (Å²) in [7, 11) is 0. The van der Waals surface area contributed by atoms with Crippen molar-refractivity contribution >= 4 is 5.91 Å². The number of tetrazole rings is 1. The van der Waals surface area contributed by atoms with Gasteiger partial charge in [-0.15, -0.1) is 5.10 Å². The van der Waals surface area contributed by atoms with Gasteiger partial charge in [-0.05, 0) is 47.4 Å². The van der Waals surface area contributed by atoms with Gasteiger partial charge in [0.1, 0.15) is 11.9 Å². The van der Waals surface area contributed by atoms with Gasteiger partial charge in [-0.25, -0.2) is 9.36 Å². The van der Waals surface area contributed by atoms with Gasteiger partial charge < -0.3 is 9.64 Å². The van der Waals surface area contributed by atoms with Crippen molar-refractivity contribution in [3.8, 4) is 5.69 Å². The standard InChI is InChI=1S/C20H23N7O2/c28-18(6-10-26-15-21-23-24-26)25-11-8-20(9-12-25)19-16(7-13-29-20)14-27(22-19)17-4-2-1-3-5-17/h1-5,14-15H,6-13H2. The molecule has 0 unspecified atom stereocenters. The molecule has 0 N–H and O–H groups in total. The van der Waals surface area contributed by atoms with E-state index in [1.807, 2.05) is 27.8 Å². The van der Waals surface area contributed by atoms with E-state index in [0.717, 1.165) is 30.6 Å². The molecule has 9 heteroatoms. The quantitative estimate of drug-likeness (QED) is 0.664. The van der Waals surface area contributed by atoms with E-state index in [2.05, 4.69) is 33.9 Å². The van der Waals surface area contributed by atoms with Gasteiger partial charge >= 0.3 is 0 Å². The molecule has 0 bridgehead atoms. The molecule has 1 fully saturated rings. The first-order chi connectivity index (χ1) is 14.2. The van der Waals surface area contributed by atoms with Crippen molar-refractivity contribution in [2.75, 3.05) is 19.7 Å². The number of ether oxygens (including phenoxy) is 1. The number of amides is 1. The van der Waals surface area contributed by atoms with Gasteiger partial charge in [0, 0.05) is 25.7 Å². The van der Waals surface area contributed by atoms with E-state index < -0.39 is 0 Å². The van der Waals surface area contributed by atoms with Crippen molar-refractivity contribution in [2.45, 2.75) is 37.8 Å². The molecule has 5 rings (SSSR count). The van der Waals surface area contributed by atoms with Crippen LogP contribution in [0.15, 0.2) is 42.9 Å². The predicted molar refractivity (Wildman–Crippen MR) is 103 cm³/mol. The highest BCUT2D eigenvalue weighted by Crippen LogP contribution is 2.41. The Balaban J connectivity index is 1.29. The summed E-state index contributed by atoms with van der Waals surface area (Å²) in [5.74, 6) is 0.126. The van der Waals surface area contributed by atoms with Crippen molar-refractivity contribution < 1.29 is 9.53 Å². The molecule has 9 nitrogen and oxygen atoms in total. The number of likely N-dealkylation sites (tertiary alicyclic amines) is 1. The maximum absolute atomic E-state index is 12.6. The monoisotopic (exact) mass is 393 g/mol. The van der Waals surface area contributed by atoms with Crippen LogP contribution >= 0.6 is 0 Å². The third-order valence-corrected chi connectivity index (χ3v) is 5.86. The highest BCUT2D eigenvalue weighted by molar-refractivity contribution is 5.76. The molecule has 29 heavy (non-hydrogen) atoms. The Bertz CT molecular complexity index is 976. The molecule has 1 spiro atoms. The number of benzene rings is 1. The van der Waals surface area contributed by atoms with Crippen molar-refractivity contribution in [3.63, 3.8) is 0 Å². The summed E-state index contributed by atoms with van der Waals surface area (Å²) in [5.41, 5.74) is 2.94. The third kappa shape index (κ3) is 3.42. The van der Waals surface area contributed by atoms with Gasteiger partial charge in [0.05, 0.1) is 24.5 Å². The summed E-state index contributed by atoms with van der Waals surface area (Å²) in [4.78, 5) is 14.5. The smallest absolute Gasteiger partial charge is 0.224 e. The molecule has 2 aromatic heterocycles. The Labute approximate surface area is 168 Å². The first-order valence-corrected chi connectivity index (χ1v) is 10.0. The molecule has 1 saturated heterocycles. The molecule has 0 saturated carbocycles. The number of carbonyl (C=O) groups excluding carboxylic acids is 1. The fourth-order valence-electron chi connectivity index (χ4n) is 4.26. The lowest BCUT2D eigenvalue weighted by atomic mass is 9.83. The number of aromatic nitrogens is 6. The Kier molecular flexibility index (Phi) is 4.59. The number of hydrogen-bond donors (Lipinski definition) is 0. The molecule has 2 aliphatic heterocycles. The fourth-order valence-corrected chi connectivity index (χ4v) is 4.26. The summed E-state index contributed by atoms with van der Waals surface area (Å²) >= 11 is 0. The molecular formula is C20H23N7O2. The van der Waals surface area contributed by atoms with Crippen LogP contribution in [0, 0.1) is 0 Å². The lowest BCUT2D eigenvalue weighted by Crippen LogP contribution is -2.48. The summed E-state index contributed by atoms with van der Waals surface area (Å²) in [6.45, 7) is 2.54. The lowest BCUT2D eigenvalue weighted by molar-refractivity contribution is -0.141. The van der Waals surface area contributed by atoms with Gasteiger partial charge in [-0.2, -0.15) is 5.10 Å². The van der Waals surface area contributed by atoms with Crippen molar-refractivity contribution in [3.05, 3.63) is 54.1 Å². The van der Waals surface area contributed by atoms with Crippen LogP contribution in [0.1, 0.15) is 30.5 Å². The summed E-state index contributed by atoms with van der Waals surface area (Å²) in [6, 6.07) is 10.1. The zero-order valence-electron chi connectivity index (χ0n) is 16.1. The first-order valence-electron chi connectivity index (χ1n) is 10.0. The topological polar surface area (TPSA) is 91.0 Å². The number of piperidine rings is 1. The zero-order valence-corrected chi connectivity index (χ0v) is 16.1. The molecule has 2 aliphatic rings. The minimum Gasteiger partial charge on any atom is -0.368 e. The maximum atomic E-state index is 12.6. The Morgan fingerprint density at radius 1 is 1.17 bits per heavy atom. The molecule has 0 atom stereocenters. The molecule has 150 valence electrons. The average Bonchev–Trinajstić information content (AvgIpc) is 3.44. The predicted octanol–water partition coefficient (Wildman–Crippen LogP) is 1.34. The van der Waals surface area contributed by atoms with Crippen molar-refractivity contribution in [1.29, 1.82) is 0 Å². The molecule has 1 aromatic carbocycles. The van der Waals surface area contributed by atoms with Crippen LogP contribution in [0.25, 0.3) is 5.69 Å². The van der Waals surface area contributed by atoms with Gasteiger partial charge in [-0.1, -0.05) is 18.2 Å². The van der Waals surface area contributed by atoms with Crippen LogP contribution < -0.4 is 0 Å².